The summed E-state index contributed by atoms with van der Waals surface area (Å²) < 4.78 is 13.5. The third-order valence-electron chi connectivity index (χ3n) is 3.34. The van der Waals surface area contributed by atoms with Crippen LogP contribution in [0, 0.1) is 5.82 Å². The number of benzene rings is 2. The molecule has 0 aliphatic carbocycles. The molecule has 1 heterocycles. The van der Waals surface area contributed by atoms with Crippen LogP contribution in [0.3, 0.4) is 0 Å². The minimum absolute atomic E-state index is 0.185. The van der Waals surface area contributed by atoms with Gasteiger partial charge in [-0.2, -0.15) is 0 Å². The lowest BCUT2D eigenvalue weighted by atomic mass is 10.2. The highest BCUT2D eigenvalue weighted by Crippen LogP contribution is 2.18. The van der Waals surface area contributed by atoms with E-state index in [0.29, 0.717) is 12.4 Å². The van der Waals surface area contributed by atoms with Gasteiger partial charge in [-0.3, -0.25) is 4.79 Å². The fraction of sp³-hybridized carbons (Fsp3) is 0.118. The molecule has 1 aromatic heterocycles. The number of halogens is 1. The highest BCUT2D eigenvalue weighted by Gasteiger charge is 2.07. The Labute approximate surface area is 132 Å². The van der Waals surface area contributed by atoms with Crippen molar-refractivity contribution in [3.63, 3.8) is 0 Å². The van der Waals surface area contributed by atoms with Crippen molar-refractivity contribution in [2.24, 2.45) is 0 Å². The summed E-state index contributed by atoms with van der Waals surface area (Å²) in [4.78, 5) is 20.2. The van der Waals surface area contributed by atoms with Gasteiger partial charge >= 0.3 is 0 Å². The average molecular weight is 310 g/mol. The number of nitrogens with zero attached hydrogens (tertiary/aromatic N) is 2. The first kappa shape index (κ1) is 14.9. The van der Waals surface area contributed by atoms with E-state index < -0.39 is 5.82 Å². The summed E-state index contributed by atoms with van der Waals surface area (Å²) in [7, 11) is 0. The van der Waals surface area contributed by atoms with Gasteiger partial charge in [0, 0.05) is 18.4 Å². The molecule has 2 N–H and O–H groups in total. The third kappa shape index (κ3) is 3.60. The summed E-state index contributed by atoms with van der Waals surface area (Å²) in [5, 5.41) is 6.55. The van der Waals surface area contributed by atoms with Crippen molar-refractivity contribution in [3.8, 4) is 0 Å². The summed E-state index contributed by atoms with van der Waals surface area (Å²) in [6, 6.07) is 13.7. The molecule has 3 aromatic rings. The smallest absolute Gasteiger partial charge is 0.226 e. The first-order chi connectivity index (χ1) is 11.2. The van der Waals surface area contributed by atoms with Crippen molar-refractivity contribution in [2.45, 2.75) is 6.42 Å². The molecule has 0 spiro atoms. The highest BCUT2D eigenvalue weighted by molar-refractivity contribution is 5.92. The average Bonchev–Trinajstić information content (AvgIpc) is 2.57. The minimum atomic E-state index is -0.449. The van der Waals surface area contributed by atoms with E-state index in [4.69, 9.17) is 0 Å². The number of rotatable bonds is 5. The second kappa shape index (κ2) is 6.83. The molecule has 6 heteroatoms. The van der Waals surface area contributed by atoms with Gasteiger partial charge in [0.1, 0.15) is 18.0 Å². The maximum absolute atomic E-state index is 13.5. The van der Waals surface area contributed by atoms with Gasteiger partial charge in [-0.05, 0) is 24.3 Å². The van der Waals surface area contributed by atoms with Gasteiger partial charge in [0.25, 0.3) is 0 Å². The molecular formula is C17H15FN4O. The molecule has 116 valence electrons. The van der Waals surface area contributed by atoms with Crippen molar-refractivity contribution in [1.82, 2.24) is 9.97 Å². The van der Waals surface area contributed by atoms with Crippen molar-refractivity contribution < 1.29 is 9.18 Å². The standard InChI is InChI=1S/C17H15FN4O/c18-13-6-2-4-8-15(13)22-16(23)9-10-19-17-12-5-1-3-7-14(12)20-11-21-17/h1-8,11H,9-10H2,(H,22,23)(H,19,20,21). The SMILES string of the molecule is O=C(CCNc1ncnc2ccccc12)Nc1ccccc1F. The third-order valence-corrected chi connectivity index (χ3v) is 3.34. The molecule has 23 heavy (non-hydrogen) atoms. The van der Waals surface area contributed by atoms with E-state index >= 15 is 0 Å². The van der Waals surface area contributed by atoms with Gasteiger partial charge in [0.2, 0.25) is 5.91 Å². The number of carbonyl (C=O) groups excluding carboxylic acids is 1. The highest BCUT2D eigenvalue weighted by atomic mass is 19.1. The van der Waals surface area contributed by atoms with E-state index in [1.807, 2.05) is 24.3 Å². The van der Waals surface area contributed by atoms with Crippen LogP contribution in [0.1, 0.15) is 6.42 Å². The number of nitrogens with one attached hydrogen (secondary N) is 2. The van der Waals surface area contributed by atoms with Gasteiger partial charge in [0.05, 0.1) is 11.2 Å². The van der Waals surface area contributed by atoms with Crippen LogP contribution in [0.15, 0.2) is 54.9 Å². The molecular weight excluding hydrogens is 295 g/mol. The molecule has 0 atom stereocenters. The predicted octanol–water partition coefficient (Wildman–Crippen LogP) is 3.21. The zero-order chi connectivity index (χ0) is 16.1. The maximum Gasteiger partial charge on any atom is 0.226 e. The minimum Gasteiger partial charge on any atom is -0.369 e. The number of hydrogen-bond acceptors (Lipinski definition) is 4. The Hall–Kier alpha value is -3.02. The van der Waals surface area contributed by atoms with Crippen molar-refractivity contribution >= 4 is 28.3 Å². The van der Waals surface area contributed by atoms with Crippen LogP contribution in [0.25, 0.3) is 10.9 Å². The summed E-state index contributed by atoms with van der Waals surface area (Å²) in [5.41, 5.74) is 1.02. The molecule has 0 fully saturated rings. The predicted molar refractivity (Wildman–Crippen MR) is 87.7 cm³/mol. The topological polar surface area (TPSA) is 66.9 Å². The molecule has 1 amide bonds. The summed E-state index contributed by atoms with van der Waals surface area (Å²) in [6.07, 6.45) is 1.68. The van der Waals surface area contributed by atoms with Crippen LogP contribution in [-0.2, 0) is 4.79 Å². The fourth-order valence-corrected chi connectivity index (χ4v) is 2.22. The number of carbonyl (C=O) groups is 1. The first-order valence-corrected chi connectivity index (χ1v) is 7.22. The molecule has 0 aliphatic rings. The van der Waals surface area contributed by atoms with E-state index in [1.54, 1.807) is 12.1 Å². The molecule has 0 bridgehead atoms. The van der Waals surface area contributed by atoms with Gasteiger partial charge in [-0.1, -0.05) is 24.3 Å². The monoisotopic (exact) mass is 310 g/mol. The Morgan fingerprint density at radius 3 is 2.70 bits per heavy atom. The van der Waals surface area contributed by atoms with Crippen molar-refractivity contribution in [3.05, 3.63) is 60.7 Å². The van der Waals surface area contributed by atoms with Crippen molar-refractivity contribution in [2.75, 3.05) is 17.2 Å². The molecule has 3 rings (SSSR count). The lowest BCUT2D eigenvalue weighted by Gasteiger charge is -2.09. The van der Waals surface area contributed by atoms with Gasteiger partial charge in [-0.25, -0.2) is 14.4 Å². The largest absolute Gasteiger partial charge is 0.369 e. The number of aromatic nitrogens is 2. The Bertz CT molecular complexity index is 832. The Balaban J connectivity index is 1.58. The summed E-state index contributed by atoms with van der Waals surface area (Å²) >= 11 is 0. The van der Waals surface area contributed by atoms with E-state index in [1.165, 1.54) is 18.5 Å². The molecule has 0 saturated carbocycles. The fourth-order valence-electron chi connectivity index (χ4n) is 2.22. The zero-order valence-electron chi connectivity index (χ0n) is 12.3. The molecule has 0 unspecified atom stereocenters. The van der Waals surface area contributed by atoms with Crippen LogP contribution in [0.2, 0.25) is 0 Å². The van der Waals surface area contributed by atoms with Crippen LogP contribution >= 0.6 is 0 Å². The molecule has 0 radical (unpaired) electrons. The molecule has 2 aromatic carbocycles. The normalized spacial score (nSPS) is 10.5. The molecule has 0 saturated heterocycles. The van der Waals surface area contributed by atoms with E-state index in [2.05, 4.69) is 20.6 Å². The van der Waals surface area contributed by atoms with Crippen LogP contribution < -0.4 is 10.6 Å². The maximum atomic E-state index is 13.5. The molecule has 5 nitrogen and oxygen atoms in total. The quantitative estimate of drug-likeness (QED) is 0.759. The van der Waals surface area contributed by atoms with Gasteiger partial charge < -0.3 is 10.6 Å². The van der Waals surface area contributed by atoms with Crippen molar-refractivity contribution in [1.29, 1.82) is 0 Å². The lowest BCUT2D eigenvalue weighted by Crippen LogP contribution is -2.17. The summed E-state index contributed by atoms with van der Waals surface area (Å²) in [5.74, 6) is -0.0362. The van der Waals surface area contributed by atoms with E-state index in [-0.39, 0.29) is 18.0 Å². The Kier molecular flexibility index (Phi) is 4.42. The summed E-state index contributed by atoms with van der Waals surface area (Å²) in [6.45, 7) is 0.390. The lowest BCUT2D eigenvalue weighted by molar-refractivity contribution is -0.116. The number of hydrogen-bond donors (Lipinski definition) is 2. The number of fused-ring (bicyclic) bond motifs is 1. The molecule has 0 aliphatic heterocycles. The Morgan fingerprint density at radius 2 is 1.83 bits per heavy atom. The second-order valence-corrected chi connectivity index (χ2v) is 4.94. The van der Waals surface area contributed by atoms with Crippen LogP contribution in [0.5, 0.6) is 0 Å². The van der Waals surface area contributed by atoms with Gasteiger partial charge in [0.15, 0.2) is 0 Å². The number of anilines is 2. The second-order valence-electron chi connectivity index (χ2n) is 4.94. The van der Waals surface area contributed by atoms with E-state index in [9.17, 15) is 9.18 Å². The van der Waals surface area contributed by atoms with Crippen LogP contribution in [-0.4, -0.2) is 22.4 Å². The van der Waals surface area contributed by atoms with Crippen LogP contribution in [0.4, 0.5) is 15.9 Å². The Morgan fingerprint density at radius 1 is 1.04 bits per heavy atom. The first-order valence-electron chi connectivity index (χ1n) is 7.22. The zero-order valence-corrected chi connectivity index (χ0v) is 12.3. The van der Waals surface area contributed by atoms with E-state index in [0.717, 1.165) is 10.9 Å². The number of amides is 1. The number of para-hydroxylation sites is 2. The van der Waals surface area contributed by atoms with Gasteiger partial charge in [-0.15, -0.1) is 0 Å².